The van der Waals surface area contributed by atoms with Crippen molar-refractivity contribution >= 4 is 35.0 Å². The van der Waals surface area contributed by atoms with Crippen molar-refractivity contribution in [3.8, 4) is 0 Å². The molecule has 2 N–H and O–H groups in total. The lowest BCUT2D eigenvalue weighted by molar-refractivity contribution is -0.125. The number of β-amino-alcohol motifs (C(OH)–C–C–N with tert-alkyl or cyclic N) is 1. The molecule has 0 saturated carbocycles. The first kappa shape index (κ1) is 23.9. The molecule has 0 radical (unpaired) electrons. The molecule has 35 heavy (non-hydrogen) atoms. The van der Waals surface area contributed by atoms with Gasteiger partial charge in [-0.05, 0) is 59.7 Å². The van der Waals surface area contributed by atoms with Crippen LogP contribution in [-0.4, -0.2) is 40.5 Å². The fourth-order valence-corrected chi connectivity index (χ4v) is 5.54. The Bertz CT molecular complexity index is 1260. The first-order valence-corrected chi connectivity index (χ1v) is 12.6. The summed E-state index contributed by atoms with van der Waals surface area (Å²) < 4.78 is 0. The van der Waals surface area contributed by atoms with E-state index in [0.29, 0.717) is 21.2 Å². The number of likely N-dealkylation sites (tertiary alicyclic amines) is 1. The van der Waals surface area contributed by atoms with Gasteiger partial charge in [-0.25, -0.2) is 0 Å². The highest BCUT2D eigenvalue weighted by Crippen LogP contribution is 2.34. The van der Waals surface area contributed by atoms with E-state index in [1.54, 1.807) is 12.1 Å². The Morgan fingerprint density at radius 1 is 0.971 bits per heavy atom. The average Bonchev–Trinajstić information content (AvgIpc) is 3.50. The van der Waals surface area contributed by atoms with E-state index in [1.807, 2.05) is 54.6 Å². The summed E-state index contributed by atoms with van der Waals surface area (Å²) in [7, 11) is 0. The number of benzene rings is 3. The number of halogens is 2. The van der Waals surface area contributed by atoms with Crippen LogP contribution in [-0.2, 0) is 17.6 Å². The van der Waals surface area contributed by atoms with E-state index in [0.717, 1.165) is 24.8 Å². The quantitative estimate of drug-likeness (QED) is 0.511. The number of hydrogen-bond donors (Lipinski definition) is 2. The molecule has 3 aromatic rings. The Balaban J connectivity index is 1.43. The Kier molecular flexibility index (Phi) is 6.83. The van der Waals surface area contributed by atoms with E-state index in [-0.39, 0.29) is 24.8 Å². The molecule has 0 bridgehead atoms. The Morgan fingerprint density at radius 2 is 1.74 bits per heavy atom. The molecule has 1 fully saturated rings. The summed E-state index contributed by atoms with van der Waals surface area (Å²) in [6, 6.07) is 19.2. The normalized spacial score (nSPS) is 19.9. The van der Waals surface area contributed by atoms with Crippen molar-refractivity contribution in [2.75, 3.05) is 6.54 Å². The number of fused-ring (bicyclic) bond motifs is 1. The summed E-state index contributed by atoms with van der Waals surface area (Å²) >= 11 is 12.8. The van der Waals surface area contributed by atoms with Gasteiger partial charge in [0.05, 0.1) is 22.2 Å². The predicted molar refractivity (Wildman–Crippen MR) is 137 cm³/mol. The first-order chi connectivity index (χ1) is 16.9. The molecule has 0 spiro atoms. The lowest BCUT2D eigenvalue weighted by Crippen LogP contribution is -2.47. The number of rotatable bonds is 5. The van der Waals surface area contributed by atoms with E-state index in [9.17, 15) is 14.7 Å². The summed E-state index contributed by atoms with van der Waals surface area (Å²) in [6.07, 6.45) is 2.49. The second kappa shape index (κ2) is 10.0. The van der Waals surface area contributed by atoms with Crippen LogP contribution in [0.5, 0.6) is 0 Å². The highest BCUT2D eigenvalue weighted by atomic mass is 35.5. The standard InChI is InChI=1S/C28H26Cl2N2O3/c29-23-11-5-10-22(25(23)30)26(18-6-2-1-3-7-18)31-27(34)24-15-21(33)16-32(24)28(35)20-13-12-17-8-4-9-19(17)14-20/h1-3,5-7,10-14,21,24,26,33H,4,8-9,15-16H2,(H,31,34). The van der Waals surface area contributed by atoms with Gasteiger partial charge in [-0.2, -0.15) is 0 Å². The molecule has 2 aliphatic rings. The lowest BCUT2D eigenvalue weighted by Gasteiger charge is -2.27. The highest BCUT2D eigenvalue weighted by molar-refractivity contribution is 6.42. The van der Waals surface area contributed by atoms with Crippen LogP contribution in [0.25, 0.3) is 0 Å². The molecule has 7 heteroatoms. The fourth-order valence-electron chi connectivity index (χ4n) is 5.13. The van der Waals surface area contributed by atoms with Crippen LogP contribution in [0.15, 0.2) is 66.7 Å². The number of nitrogens with one attached hydrogen (secondary N) is 1. The number of nitrogens with zero attached hydrogens (tertiary/aromatic N) is 1. The third-order valence-electron chi connectivity index (χ3n) is 6.90. The fraction of sp³-hybridized carbons (Fsp3) is 0.286. The SMILES string of the molecule is O=C(NC(c1ccccc1)c1cccc(Cl)c1Cl)C1CC(O)CN1C(=O)c1ccc2c(c1)CCC2. The van der Waals surface area contributed by atoms with Crippen LogP contribution in [0, 0.1) is 0 Å². The first-order valence-electron chi connectivity index (χ1n) is 11.8. The summed E-state index contributed by atoms with van der Waals surface area (Å²) in [6.45, 7) is 0.113. The molecule has 3 atom stereocenters. The summed E-state index contributed by atoms with van der Waals surface area (Å²) in [5, 5.41) is 14.2. The minimum atomic E-state index is -0.796. The zero-order chi connectivity index (χ0) is 24.5. The van der Waals surface area contributed by atoms with Crippen molar-refractivity contribution in [1.82, 2.24) is 10.2 Å². The van der Waals surface area contributed by atoms with E-state index in [4.69, 9.17) is 23.2 Å². The van der Waals surface area contributed by atoms with Gasteiger partial charge in [0, 0.05) is 18.5 Å². The number of carbonyl (C=O) groups is 2. The van der Waals surface area contributed by atoms with Crippen LogP contribution >= 0.6 is 23.2 Å². The summed E-state index contributed by atoms with van der Waals surface area (Å²) in [5.41, 5.74) is 4.52. The number of aryl methyl sites for hydroxylation is 2. The Labute approximate surface area is 214 Å². The minimum absolute atomic E-state index is 0.113. The van der Waals surface area contributed by atoms with Crippen LogP contribution in [0.1, 0.15) is 51.5 Å². The minimum Gasteiger partial charge on any atom is -0.391 e. The molecule has 180 valence electrons. The van der Waals surface area contributed by atoms with Crippen LogP contribution in [0.2, 0.25) is 10.0 Å². The second-order valence-corrected chi connectivity index (χ2v) is 9.98. The molecule has 2 amide bonds. The molecule has 1 heterocycles. The van der Waals surface area contributed by atoms with Gasteiger partial charge in [0.2, 0.25) is 5.91 Å². The molecule has 1 saturated heterocycles. The maximum atomic E-state index is 13.6. The number of amides is 2. The Morgan fingerprint density at radius 3 is 2.54 bits per heavy atom. The van der Waals surface area contributed by atoms with Crippen molar-refractivity contribution < 1.29 is 14.7 Å². The van der Waals surface area contributed by atoms with Gasteiger partial charge in [-0.15, -0.1) is 0 Å². The maximum Gasteiger partial charge on any atom is 0.254 e. The van der Waals surface area contributed by atoms with Crippen molar-refractivity contribution in [2.24, 2.45) is 0 Å². The number of carbonyl (C=O) groups excluding carboxylic acids is 2. The highest BCUT2D eigenvalue weighted by Gasteiger charge is 2.40. The molecule has 0 aromatic heterocycles. The van der Waals surface area contributed by atoms with Gasteiger partial charge in [0.15, 0.2) is 0 Å². The van der Waals surface area contributed by atoms with Gasteiger partial charge in [0.25, 0.3) is 5.91 Å². The molecule has 5 nitrogen and oxygen atoms in total. The van der Waals surface area contributed by atoms with Gasteiger partial charge in [-0.1, -0.05) is 71.7 Å². The molecule has 1 aliphatic heterocycles. The van der Waals surface area contributed by atoms with Crippen molar-refractivity contribution in [3.05, 3.63) is 105 Å². The maximum absolute atomic E-state index is 13.6. The van der Waals surface area contributed by atoms with Crippen LogP contribution in [0.4, 0.5) is 0 Å². The van der Waals surface area contributed by atoms with Gasteiger partial charge in [0.1, 0.15) is 6.04 Å². The second-order valence-electron chi connectivity index (χ2n) is 9.20. The summed E-state index contributed by atoms with van der Waals surface area (Å²) in [5.74, 6) is -0.589. The number of hydrogen-bond acceptors (Lipinski definition) is 3. The smallest absolute Gasteiger partial charge is 0.254 e. The largest absolute Gasteiger partial charge is 0.391 e. The molecule has 3 unspecified atom stereocenters. The van der Waals surface area contributed by atoms with Crippen molar-refractivity contribution in [2.45, 2.75) is 43.9 Å². The van der Waals surface area contributed by atoms with Crippen LogP contribution in [0.3, 0.4) is 0 Å². The van der Waals surface area contributed by atoms with Gasteiger partial charge in [-0.3, -0.25) is 9.59 Å². The number of aliphatic hydroxyl groups is 1. The van der Waals surface area contributed by atoms with Gasteiger partial charge >= 0.3 is 0 Å². The zero-order valence-corrected chi connectivity index (χ0v) is 20.6. The summed E-state index contributed by atoms with van der Waals surface area (Å²) in [4.78, 5) is 28.5. The van der Waals surface area contributed by atoms with Crippen molar-refractivity contribution in [1.29, 1.82) is 0 Å². The van der Waals surface area contributed by atoms with Gasteiger partial charge < -0.3 is 15.3 Å². The van der Waals surface area contributed by atoms with Crippen molar-refractivity contribution in [3.63, 3.8) is 0 Å². The molecule has 3 aromatic carbocycles. The third-order valence-corrected chi connectivity index (χ3v) is 7.73. The van der Waals surface area contributed by atoms with Crippen LogP contribution < -0.4 is 5.32 Å². The Hall–Kier alpha value is -2.86. The van der Waals surface area contributed by atoms with E-state index in [1.165, 1.54) is 16.0 Å². The van der Waals surface area contributed by atoms with E-state index in [2.05, 4.69) is 5.32 Å². The third kappa shape index (κ3) is 4.81. The molecule has 1 aliphatic carbocycles. The predicted octanol–water partition coefficient (Wildman–Crippen LogP) is 4.96. The van der Waals surface area contributed by atoms with E-state index < -0.39 is 18.2 Å². The number of aliphatic hydroxyl groups excluding tert-OH is 1. The molecular weight excluding hydrogens is 483 g/mol. The zero-order valence-electron chi connectivity index (χ0n) is 19.1. The van der Waals surface area contributed by atoms with E-state index >= 15 is 0 Å². The molecular formula is C28H26Cl2N2O3. The molecule has 5 rings (SSSR count). The topological polar surface area (TPSA) is 69.6 Å². The lowest BCUT2D eigenvalue weighted by atomic mass is 9.98. The monoisotopic (exact) mass is 508 g/mol. The average molecular weight is 509 g/mol.